The van der Waals surface area contributed by atoms with Gasteiger partial charge < -0.3 is 15.3 Å². The molecule has 0 atom stereocenters. The van der Waals surface area contributed by atoms with Gasteiger partial charge in [-0.05, 0) is 33.6 Å². The molecule has 0 radical (unpaired) electrons. The van der Waals surface area contributed by atoms with E-state index >= 15 is 0 Å². The van der Waals surface area contributed by atoms with E-state index in [1.54, 1.807) is 13.8 Å². The molecule has 0 bridgehead atoms. The van der Waals surface area contributed by atoms with Gasteiger partial charge in [0.05, 0.1) is 12.1 Å². The van der Waals surface area contributed by atoms with E-state index in [4.69, 9.17) is 0 Å². The second-order valence-electron chi connectivity index (χ2n) is 4.83. The Morgan fingerprint density at radius 1 is 1.53 bits per heavy atom. The van der Waals surface area contributed by atoms with Crippen molar-refractivity contribution in [3.05, 3.63) is 0 Å². The summed E-state index contributed by atoms with van der Waals surface area (Å²) in [5.41, 5.74) is -0.753. The smallest absolute Gasteiger partial charge is 0.236 e. The van der Waals surface area contributed by atoms with Crippen LogP contribution in [0, 0.1) is 0 Å². The lowest BCUT2D eigenvalue weighted by atomic mass is 10.1. The lowest BCUT2D eigenvalue weighted by Crippen LogP contribution is -2.43. The highest BCUT2D eigenvalue weighted by Gasteiger charge is 2.30. The number of likely N-dealkylation sites (N-methyl/N-ethyl adjacent to an activating group) is 1. The van der Waals surface area contributed by atoms with Crippen molar-refractivity contribution >= 4 is 5.91 Å². The molecule has 0 heterocycles. The number of hydrogen-bond acceptors (Lipinski definition) is 3. The van der Waals surface area contributed by atoms with Crippen LogP contribution in [0.3, 0.4) is 0 Å². The number of nitrogens with zero attached hydrogens (tertiary/aromatic N) is 1. The molecule has 1 fully saturated rings. The molecule has 1 saturated carbocycles. The molecular formula is C11H22N2O2. The fourth-order valence-corrected chi connectivity index (χ4v) is 1.60. The van der Waals surface area contributed by atoms with Crippen LogP contribution in [0.25, 0.3) is 0 Å². The van der Waals surface area contributed by atoms with Gasteiger partial charge in [0.1, 0.15) is 0 Å². The zero-order valence-electron chi connectivity index (χ0n) is 9.92. The minimum atomic E-state index is -0.753. The Kier molecular flexibility index (Phi) is 4.11. The molecule has 0 unspecified atom stereocenters. The van der Waals surface area contributed by atoms with Crippen LogP contribution in [0.1, 0.15) is 33.6 Å². The SMILES string of the molecule is CCN(C(=O)CNCC(C)(C)O)C1CC1. The van der Waals surface area contributed by atoms with E-state index in [0.29, 0.717) is 19.1 Å². The number of carbonyl (C=O) groups is 1. The van der Waals surface area contributed by atoms with Crippen LogP contribution in [0.4, 0.5) is 0 Å². The van der Waals surface area contributed by atoms with Crippen molar-refractivity contribution in [1.29, 1.82) is 0 Å². The minimum absolute atomic E-state index is 0.143. The number of hydrogen-bond donors (Lipinski definition) is 2. The molecule has 2 N–H and O–H groups in total. The molecule has 1 rings (SSSR count). The molecule has 4 heteroatoms. The Labute approximate surface area is 91.6 Å². The van der Waals surface area contributed by atoms with E-state index in [0.717, 1.165) is 19.4 Å². The van der Waals surface area contributed by atoms with Crippen LogP contribution in [0.15, 0.2) is 0 Å². The summed E-state index contributed by atoms with van der Waals surface area (Å²) in [6.45, 7) is 7.01. The summed E-state index contributed by atoms with van der Waals surface area (Å²) in [5.74, 6) is 0.143. The van der Waals surface area contributed by atoms with Gasteiger partial charge in [-0.2, -0.15) is 0 Å². The lowest BCUT2D eigenvalue weighted by Gasteiger charge is -2.22. The first-order valence-electron chi connectivity index (χ1n) is 5.66. The van der Waals surface area contributed by atoms with Gasteiger partial charge in [0.15, 0.2) is 0 Å². The van der Waals surface area contributed by atoms with Gasteiger partial charge in [-0.25, -0.2) is 0 Å². The molecule has 0 aliphatic heterocycles. The highest BCUT2D eigenvalue weighted by molar-refractivity contribution is 5.78. The van der Waals surface area contributed by atoms with Crippen LogP contribution in [-0.2, 0) is 4.79 Å². The number of amides is 1. The van der Waals surface area contributed by atoms with Crippen molar-refractivity contribution in [1.82, 2.24) is 10.2 Å². The maximum atomic E-state index is 11.7. The highest BCUT2D eigenvalue weighted by Crippen LogP contribution is 2.26. The standard InChI is InChI=1S/C11H22N2O2/c1-4-13(9-5-6-9)10(14)7-12-8-11(2,3)15/h9,12,15H,4-8H2,1-3H3. The van der Waals surface area contributed by atoms with Gasteiger partial charge in [-0.15, -0.1) is 0 Å². The van der Waals surface area contributed by atoms with Crippen molar-refractivity contribution in [3.8, 4) is 0 Å². The van der Waals surface area contributed by atoms with Crippen LogP contribution >= 0.6 is 0 Å². The summed E-state index contributed by atoms with van der Waals surface area (Å²) in [6, 6.07) is 0.478. The molecular weight excluding hydrogens is 192 g/mol. The normalized spacial score (nSPS) is 16.5. The monoisotopic (exact) mass is 214 g/mol. The van der Waals surface area contributed by atoms with Gasteiger partial charge in [-0.3, -0.25) is 4.79 Å². The molecule has 0 spiro atoms. The van der Waals surface area contributed by atoms with Crippen molar-refractivity contribution in [2.75, 3.05) is 19.6 Å². The molecule has 1 aliphatic carbocycles. The summed E-state index contributed by atoms with van der Waals surface area (Å²) < 4.78 is 0. The molecule has 4 nitrogen and oxygen atoms in total. The van der Waals surface area contributed by atoms with Crippen LogP contribution < -0.4 is 5.32 Å². The third-order valence-electron chi connectivity index (χ3n) is 2.48. The number of rotatable bonds is 6. The number of carbonyl (C=O) groups excluding carboxylic acids is 1. The fourth-order valence-electron chi connectivity index (χ4n) is 1.60. The Morgan fingerprint density at radius 2 is 2.13 bits per heavy atom. The van der Waals surface area contributed by atoms with E-state index < -0.39 is 5.60 Å². The average Bonchev–Trinajstić information content (AvgIpc) is 2.87. The van der Waals surface area contributed by atoms with Crippen molar-refractivity contribution in [2.45, 2.75) is 45.3 Å². The largest absolute Gasteiger partial charge is 0.389 e. The van der Waals surface area contributed by atoms with E-state index in [2.05, 4.69) is 5.32 Å². The van der Waals surface area contributed by atoms with Crippen molar-refractivity contribution < 1.29 is 9.90 Å². The quantitative estimate of drug-likeness (QED) is 0.671. The van der Waals surface area contributed by atoms with E-state index in [9.17, 15) is 9.90 Å². The molecule has 0 aromatic rings. The lowest BCUT2D eigenvalue weighted by molar-refractivity contribution is -0.130. The summed E-state index contributed by atoms with van der Waals surface area (Å²) in [6.07, 6.45) is 2.29. The predicted molar refractivity (Wildman–Crippen MR) is 59.6 cm³/mol. The van der Waals surface area contributed by atoms with Gasteiger partial charge in [0.25, 0.3) is 0 Å². The highest BCUT2D eigenvalue weighted by atomic mass is 16.3. The third-order valence-corrected chi connectivity index (χ3v) is 2.48. The van der Waals surface area contributed by atoms with Gasteiger partial charge in [0, 0.05) is 19.1 Å². The van der Waals surface area contributed by atoms with Crippen LogP contribution in [0.2, 0.25) is 0 Å². The topological polar surface area (TPSA) is 52.6 Å². The van der Waals surface area contributed by atoms with Crippen molar-refractivity contribution in [3.63, 3.8) is 0 Å². The number of aliphatic hydroxyl groups is 1. The fraction of sp³-hybridized carbons (Fsp3) is 0.909. The molecule has 15 heavy (non-hydrogen) atoms. The summed E-state index contributed by atoms with van der Waals surface area (Å²) >= 11 is 0. The zero-order chi connectivity index (χ0) is 11.5. The Bertz CT molecular complexity index is 219. The maximum absolute atomic E-state index is 11.7. The molecule has 0 aromatic carbocycles. The second kappa shape index (κ2) is 4.94. The first-order chi connectivity index (χ1) is 6.94. The van der Waals surface area contributed by atoms with E-state index in [1.165, 1.54) is 0 Å². The maximum Gasteiger partial charge on any atom is 0.236 e. The summed E-state index contributed by atoms with van der Waals surface area (Å²) in [7, 11) is 0. The van der Waals surface area contributed by atoms with Gasteiger partial charge in [0.2, 0.25) is 5.91 Å². The van der Waals surface area contributed by atoms with Gasteiger partial charge >= 0.3 is 0 Å². The molecule has 0 aromatic heterocycles. The predicted octanol–water partition coefficient (Wildman–Crippen LogP) is 0.358. The minimum Gasteiger partial charge on any atom is -0.389 e. The van der Waals surface area contributed by atoms with Gasteiger partial charge in [-0.1, -0.05) is 0 Å². The first kappa shape index (κ1) is 12.5. The summed E-state index contributed by atoms with van der Waals surface area (Å²) in [4.78, 5) is 13.6. The molecule has 1 aliphatic rings. The Balaban J connectivity index is 2.22. The van der Waals surface area contributed by atoms with Crippen molar-refractivity contribution in [2.24, 2.45) is 0 Å². The average molecular weight is 214 g/mol. The molecule has 88 valence electrons. The van der Waals surface area contributed by atoms with Crippen LogP contribution in [0.5, 0.6) is 0 Å². The Hall–Kier alpha value is -0.610. The molecule has 1 amide bonds. The number of nitrogens with one attached hydrogen (secondary N) is 1. The third kappa shape index (κ3) is 4.62. The Morgan fingerprint density at radius 3 is 2.53 bits per heavy atom. The second-order valence-corrected chi connectivity index (χ2v) is 4.83. The van der Waals surface area contributed by atoms with Crippen LogP contribution in [-0.4, -0.2) is 47.2 Å². The van der Waals surface area contributed by atoms with E-state index in [-0.39, 0.29) is 5.91 Å². The zero-order valence-corrected chi connectivity index (χ0v) is 9.92. The van der Waals surface area contributed by atoms with E-state index in [1.807, 2.05) is 11.8 Å². The summed E-state index contributed by atoms with van der Waals surface area (Å²) in [5, 5.41) is 12.4. The first-order valence-corrected chi connectivity index (χ1v) is 5.66. The molecule has 0 saturated heterocycles.